The highest BCUT2D eigenvalue weighted by Crippen LogP contribution is 1.66. The largest absolute Gasteiger partial charge is 0.478 e. The molecule has 0 aliphatic carbocycles. The van der Waals surface area contributed by atoms with Crippen molar-refractivity contribution < 1.29 is 34.1 Å². The molecule has 0 aromatic heterocycles. The second-order valence-corrected chi connectivity index (χ2v) is 2.24. The van der Waals surface area contributed by atoms with E-state index in [0.29, 0.717) is 6.61 Å². The number of carboxylic acid groups (broad SMARTS) is 2. The molecule has 0 bridgehead atoms. The highest BCUT2D eigenvalue weighted by molar-refractivity contribution is 5.79. The van der Waals surface area contributed by atoms with Gasteiger partial charge in [0.05, 0.1) is 6.61 Å². The van der Waals surface area contributed by atoms with Crippen molar-refractivity contribution >= 4 is 24.1 Å². The fraction of sp³-hybridized carbons (Fsp3) is 0.200. The maximum Gasteiger partial charge on any atom is 0.404 e. The normalized spacial score (nSPS) is 6.65. The molecule has 0 aromatic rings. The average molecular weight is 293 g/mol. The third-order valence-electron chi connectivity index (χ3n) is 0.636. The molecule has 0 heterocycles. The van der Waals surface area contributed by atoms with E-state index in [1.54, 1.807) is 6.92 Å². The number of ether oxygens (including phenoxy) is 1. The SMILES string of the molecule is C=CC(=O)O.C=CC(=O)O.CCOC(N)=O.NC(N)=O. The predicted octanol–water partition coefficient (Wildman–Crippen LogP) is -0.361. The van der Waals surface area contributed by atoms with Gasteiger partial charge in [0.1, 0.15) is 0 Å². The number of primary amides is 3. The van der Waals surface area contributed by atoms with Crippen LogP contribution in [0.5, 0.6) is 0 Å². The van der Waals surface area contributed by atoms with Gasteiger partial charge in [0, 0.05) is 12.2 Å². The molecule has 10 nitrogen and oxygen atoms in total. The molecule has 8 N–H and O–H groups in total. The van der Waals surface area contributed by atoms with Gasteiger partial charge in [-0.15, -0.1) is 0 Å². The number of carboxylic acids is 2. The fourth-order valence-electron chi connectivity index (χ4n) is 0.142. The van der Waals surface area contributed by atoms with Crippen LogP contribution in [0.3, 0.4) is 0 Å². The van der Waals surface area contributed by atoms with E-state index in [1.165, 1.54) is 0 Å². The molecule has 0 aliphatic heterocycles. The summed E-state index contributed by atoms with van der Waals surface area (Å²) >= 11 is 0. The van der Waals surface area contributed by atoms with Gasteiger partial charge in [-0.2, -0.15) is 0 Å². The second-order valence-electron chi connectivity index (χ2n) is 2.24. The summed E-state index contributed by atoms with van der Waals surface area (Å²) in [5.41, 5.74) is 13.0. The summed E-state index contributed by atoms with van der Waals surface area (Å²) in [7, 11) is 0. The van der Waals surface area contributed by atoms with Gasteiger partial charge >= 0.3 is 24.1 Å². The number of hydrogen-bond donors (Lipinski definition) is 5. The Bertz CT molecular complexity index is 307. The Morgan fingerprint density at radius 1 is 1.00 bits per heavy atom. The number of hydrogen-bond acceptors (Lipinski definition) is 5. The highest BCUT2D eigenvalue weighted by atomic mass is 16.5. The van der Waals surface area contributed by atoms with Crippen LogP contribution in [0.25, 0.3) is 0 Å². The molecular formula is C10H19N3O7. The van der Waals surface area contributed by atoms with E-state index < -0.39 is 24.1 Å². The molecule has 0 aromatic carbocycles. The van der Waals surface area contributed by atoms with Gasteiger partial charge in [-0.1, -0.05) is 13.2 Å². The summed E-state index contributed by atoms with van der Waals surface area (Å²) in [6, 6.07) is -0.833. The van der Waals surface area contributed by atoms with E-state index in [-0.39, 0.29) is 0 Å². The minimum absolute atomic E-state index is 0.356. The van der Waals surface area contributed by atoms with Crippen LogP contribution in [-0.4, -0.2) is 40.9 Å². The molecule has 0 spiro atoms. The quantitative estimate of drug-likeness (QED) is 0.437. The maximum absolute atomic E-state index is 9.60. The van der Waals surface area contributed by atoms with Crippen LogP contribution in [-0.2, 0) is 14.3 Å². The van der Waals surface area contributed by atoms with Crippen molar-refractivity contribution in [1.29, 1.82) is 0 Å². The fourth-order valence-corrected chi connectivity index (χ4v) is 0.142. The lowest BCUT2D eigenvalue weighted by Gasteiger charge is -1.89. The van der Waals surface area contributed by atoms with Crippen molar-refractivity contribution in [3.8, 4) is 0 Å². The zero-order valence-corrected chi connectivity index (χ0v) is 10.9. The first-order chi connectivity index (χ1) is 9.04. The Kier molecular flexibility index (Phi) is 27.3. The van der Waals surface area contributed by atoms with Gasteiger partial charge in [-0.05, 0) is 6.92 Å². The summed E-state index contributed by atoms with van der Waals surface area (Å²) in [4.78, 5) is 37.1. The molecule has 10 heteroatoms. The molecule has 0 unspecified atom stereocenters. The van der Waals surface area contributed by atoms with Gasteiger partial charge < -0.3 is 32.2 Å². The highest BCUT2D eigenvalue weighted by Gasteiger charge is 1.82. The molecule has 3 amide bonds. The average Bonchev–Trinajstić information content (AvgIpc) is 2.29. The molecule has 0 rings (SSSR count). The number of carbonyl (C=O) groups excluding carboxylic acids is 2. The standard InChI is InChI=1S/C3H7NO2.2C3H4O2.CH4N2O/c1-2-6-3(4)5;2*1-2-3(4)5;2-1(3)4/h2H2,1H3,(H2,4,5);2*2H,1H2,(H,4,5);(H4,2,3,4). The smallest absolute Gasteiger partial charge is 0.404 e. The third kappa shape index (κ3) is 186. The third-order valence-corrected chi connectivity index (χ3v) is 0.636. The Hall–Kier alpha value is -3.04. The van der Waals surface area contributed by atoms with Gasteiger partial charge in [0.15, 0.2) is 0 Å². The maximum atomic E-state index is 9.60. The van der Waals surface area contributed by atoms with Crippen molar-refractivity contribution in [2.75, 3.05) is 6.61 Å². The zero-order valence-electron chi connectivity index (χ0n) is 10.9. The summed E-state index contributed by atoms with van der Waals surface area (Å²) in [6.45, 7) is 7.98. The molecule has 0 fully saturated rings. The van der Waals surface area contributed by atoms with Crippen LogP contribution in [0, 0.1) is 0 Å². The van der Waals surface area contributed by atoms with Gasteiger partial charge in [-0.3, -0.25) is 0 Å². The second kappa shape index (κ2) is 21.3. The minimum atomic E-state index is -0.981. The molecule has 0 saturated carbocycles. The summed E-state index contributed by atoms with van der Waals surface area (Å²) in [5.74, 6) is -1.96. The topological polar surface area (TPSA) is 196 Å². The van der Waals surface area contributed by atoms with Crippen LogP contribution >= 0.6 is 0 Å². The van der Waals surface area contributed by atoms with E-state index in [9.17, 15) is 14.4 Å². The molecule has 0 atom stereocenters. The Labute approximate surface area is 115 Å². The van der Waals surface area contributed by atoms with Gasteiger partial charge in [-0.25, -0.2) is 19.2 Å². The first-order valence-corrected chi connectivity index (χ1v) is 4.72. The summed E-state index contributed by atoms with van der Waals surface area (Å²) in [5, 5.41) is 15.2. The minimum Gasteiger partial charge on any atom is -0.478 e. The first-order valence-electron chi connectivity index (χ1n) is 4.72. The lowest BCUT2D eigenvalue weighted by molar-refractivity contribution is -0.132. The molecule has 116 valence electrons. The van der Waals surface area contributed by atoms with Crippen molar-refractivity contribution in [3.63, 3.8) is 0 Å². The van der Waals surface area contributed by atoms with Crippen LogP contribution in [0.4, 0.5) is 9.59 Å². The number of amides is 3. The lowest BCUT2D eigenvalue weighted by Crippen LogP contribution is -2.18. The summed E-state index contributed by atoms with van der Waals surface area (Å²) in [6.07, 6.45) is 0.956. The van der Waals surface area contributed by atoms with Gasteiger partial charge in [0.2, 0.25) is 0 Å². The molecule has 0 aliphatic rings. The van der Waals surface area contributed by atoms with E-state index in [4.69, 9.17) is 15.0 Å². The molecule has 20 heavy (non-hydrogen) atoms. The predicted molar refractivity (Wildman–Crippen MR) is 70.6 cm³/mol. The van der Waals surface area contributed by atoms with E-state index in [0.717, 1.165) is 12.2 Å². The van der Waals surface area contributed by atoms with E-state index in [1.807, 2.05) is 0 Å². The van der Waals surface area contributed by atoms with Crippen molar-refractivity contribution in [1.82, 2.24) is 0 Å². The van der Waals surface area contributed by atoms with Gasteiger partial charge in [0.25, 0.3) is 0 Å². The Balaban J connectivity index is -0.0000000862. The Morgan fingerprint density at radius 3 is 1.20 bits per heavy atom. The van der Waals surface area contributed by atoms with Crippen LogP contribution < -0.4 is 17.2 Å². The number of nitrogens with two attached hydrogens (primary N) is 3. The van der Waals surface area contributed by atoms with Crippen molar-refractivity contribution in [2.45, 2.75) is 6.92 Å². The van der Waals surface area contributed by atoms with Crippen LogP contribution in [0.2, 0.25) is 0 Å². The Morgan fingerprint density at radius 2 is 1.20 bits per heavy atom. The number of urea groups is 1. The molecular weight excluding hydrogens is 274 g/mol. The molecule has 0 saturated heterocycles. The zero-order chi connectivity index (χ0) is 17.1. The van der Waals surface area contributed by atoms with E-state index in [2.05, 4.69) is 35.1 Å². The monoisotopic (exact) mass is 293 g/mol. The van der Waals surface area contributed by atoms with Crippen LogP contribution in [0.1, 0.15) is 6.92 Å². The number of carbonyl (C=O) groups is 4. The number of rotatable bonds is 3. The van der Waals surface area contributed by atoms with Crippen molar-refractivity contribution in [2.24, 2.45) is 17.2 Å². The molecule has 0 radical (unpaired) electrons. The number of aliphatic carboxylic acids is 2. The first kappa shape index (κ1) is 25.7. The summed E-state index contributed by atoms with van der Waals surface area (Å²) < 4.78 is 4.18. The van der Waals surface area contributed by atoms with Crippen LogP contribution in [0.15, 0.2) is 25.3 Å². The van der Waals surface area contributed by atoms with E-state index >= 15 is 0 Å². The van der Waals surface area contributed by atoms with Crippen molar-refractivity contribution in [3.05, 3.63) is 25.3 Å². The lowest BCUT2D eigenvalue weighted by atomic mass is 10.7.